The maximum Gasteiger partial charge on any atom is 0.173 e. The highest BCUT2D eigenvalue weighted by Gasteiger charge is 2.06. The first-order valence-corrected chi connectivity index (χ1v) is 6.80. The molecule has 0 aliphatic heterocycles. The Bertz CT molecular complexity index is 571. The number of aryl methyl sites for hydroxylation is 1. The summed E-state index contributed by atoms with van der Waals surface area (Å²) < 4.78 is 3.05. The van der Waals surface area contributed by atoms with E-state index in [0.717, 1.165) is 15.3 Å². The number of hydrogen-bond acceptors (Lipinski definition) is 3. The molecule has 5 heteroatoms. The Labute approximate surface area is 113 Å². The minimum absolute atomic E-state index is 0.407. The lowest BCUT2D eigenvalue weighted by Gasteiger charge is -2.08. The van der Waals surface area contributed by atoms with Crippen molar-refractivity contribution in [2.75, 3.05) is 5.75 Å². The van der Waals surface area contributed by atoms with Crippen LogP contribution in [0.3, 0.4) is 0 Å². The molecule has 2 rings (SSSR count). The Morgan fingerprint density at radius 2 is 2.35 bits per heavy atom. The molecule has 0 atom stereocenters. The second kappa shape index (κ2) is 5.39. The summed E-state index contributed by atoms with van der Waals surface area (Å²) in [7, 11) is 0. The smallest absolute Gasteiger partial charge is 0.173 e. The summed E-state index contributed by atoms with van der Waals surface area (Å²) in [4.78, 5) is 4.24. The normalized spacial score (nSPS) is 10.2. The molecule has 0 fully saturated rings. The van der Waals surface area contributed by atoms with E-state index in [1.807, 2.05) is 29.8 Å². The van der Waals surface area contributed by atoms with Crippen molar-refractivity contribution in [3.8, 4) is 11.8 Å². The zero-order valence-corrected chi connectivity index (χ0v) is 11.6. The highest BCUT2D eigenvalue weighted by molar-refractivity contribution is 9.10. The zero-order chi connectivity index (χ0) is 12.3. The number of thioether (sulfide) groups is 1. The average Bonchev–Trinajstić information content (AvgIpc) is 2.78. The summed E-state index contributed by atoms with van der Waals surface area (Å²) in [5.74, 6) is 0.407. The third-order valence-corrected chi connectivity index (χ3v) is 3.99. The molecule has 0 unspecified atom stereocenters. The molecule has 0 aliphatic rings. The van der Waals surface area contributed by atoms with Gasteiger partial charge in [-0.2, -0.15) is 5.26 Å². The predicted octanol–water partition coefficient (Wildman–Crippen LogP) is 3.56. The molecule has 0 amide bonds. The van der Waals surface area contributed by atoms with E-state index in [9.17, 15) is 0 Å². The van der Waals surface area contributed by atoms with Crippen LogP contribution in [0, 0.1) is 18.3 Å². The Morgan fingerprint density at radius 1 is 1.53 bits per heavy atom. The molecule has 0 saturated carbocycles. The van der Waals surface area contributed by atoms with E-state index >= 15 is 0 Å². The van der Waals surface area contributed by atoms with Gasteiger partial charge in [0, 0.05) is 22.6 Å². The average molecular weight is 308 g/mol. The fraction of sp³-hybridized carbons (Fsp3) is 0.167. The summed E-state index contributed by atoms with van der Waals surface area (Å²) in [6.07, 6.45) is 3.64. The van der Waals surface area contributed by atoms with E-state index in [4.69, 9.17) is 5.26 Å². The summed E-state index contributed by atoms with van der Waals surface area (Å²) in [6, 6.07) is 8.25. The Morgan fingerprint density at radius 3 is 3.06 bits per heavy atom. The molecular weight excluding hydrogens is 298 g/mol. The monoisotopic (exact) mass is 307 g/mol. The Kier molecular flexibility index (Phi) is 3.87. The van der Waals surface area contributed by atoms with Gasteiger partial charge in [0.25, 0.3) is 0 Å². The quantitative estimate of drug-likeness (QED) is 0.814. The van der Waals surface area contributed by atoms with Crippen LogP contribution in [-0.4, -0.2) is 15.3 Å². The Balaban J connectivity index is 2.36. The lowest BCUT2D eigenvalue weighted by atomic mass is 10.2. The van der Waals surface area contributed by atoms with Gasteiger partial charge in [0.1, 0.15) is 0 Å². The highest BCUT2D eigenvalue weighted by Crippen LogP contribution is 2.24. The van der Waals surface area contributed by atoms with Crippen LogP contribution in [0.5, 0.6) is 0 Å². The fourth-order valence-electron chi connectivity index (χ4n) is 1.42. The summed E-state index contributed by atoms with van der Waals surface area (Å²) >= 11 is 4.95. The molecule has 0 spiro atoms. The molecule has 3 nitrogen and oxygen atoms in total. The summed E-state index contributed by atoms with van der Waals surface area (Å²) in [5.41, 5.74) is 2.24. The van der Waals surface area contributed by atoms with Gasteiger partial charge in [-0.1, -0.05) is 33.8 Å². The van der Waals surface area contributed by atoms with Gasteiger partial charge in [0.2, 0.25) is 0 Å². The molecule has 1 aromatic carbocycles. The van der Waals surface area contributed by atoms with Gasteiger partial charge in [0.15, 0.2) is 5.16 Å². The maximum absolute atomic E-state index is 8.59. The summed E-state index contributed by atoms with van der Waals surface area (Å²) in [6.45, 7) is 2.05. The fourth-order valence-corrected chi connectivity index (χ4v) is 2.42. The maximum atomic E-state index is 8.59. The van der Waals surface area contributed by atoms with Crippen LogP contribution in [0.25, 0.3) is 5.69 Å². The van der Waals surface area contributed by atoms with Gasteiger partial charge in [-0.15, -0.1) is 0 Å². The van der Waals surface area contributed by atoms with Gasteiger partial charge in [-0.3, -0.25) is 4.57 Å². The number of imidazole rings is 1. The molecule has 1 aromatic heterocycles. The largest absolute Gasteiger partial charge is 0.295 e. The number of nitriles is 1. The second-order valence-corrected chi connectivity index (χ2v) is 5.26. The minimum Gasteiger partial charge on any atom is -0.295 e. The molecular formula is C12H10BrN3S. The zero-order valence-electron chi connectivity index (χ0n) is 9.22. The van der Waals surface area contributed by atoms with Crippen LogP contribution in [-0.2, 0) is 0 Å². The standard InChI is InChI=1S/C12H10BrN3S/c1-9-2-3-10(8-11(9)13)16-6-5-15-12(16)17-7-4-14/h2-3,5-6,8H,7H2,1H3. The van der Waals surface area contributed by atoms with Crippen molar-refractivity contribution in [3.63, 3.8) is 0 Å². The third-order valence-electron chi connectivity index (χ3n) is 2.31. The topological polar surface area (TPSA) is 41.6 Å². The molecule has 0 saturated heterocycles. The van der Waals surface area contributed by atoms with Gasteiger partial charge in [-0.25, -0.2) is 4.98 Å². The van der Waals surface area contributed by atoms with Crippen molar-refractivity contribution < 1.29 is 0 Å². The lowest BCUT2D eigenvalue weighted by molar-refractivity contribution is 0.895. The van der Waals surface area contributed by atoms with E-state index in [0.29, 0.717) is 5.75 Å². The molecule has 2 aromatic rings. The first-order valence-electron chi connectivity index (χ1n) is 5.02. The molecule has 0 N–H and O–H groups in total. The van der Waals surface area contributed by atoms with Crippen molar-refractivity contribution >= 4 is 27.7 Å². The van der Waals surface area contributed by atoms with E-state index in [-0.39, 0.29) is 0 Å². The Hall–Kier alpha value is -1.25. The van der Waals surface area contributed by atoms with Crippen LogP contribution >= 0.6 is 27.7 Å². The van der Waals surface area contributed by atoms with Crippen molar-refractivity contribution in [3.05, 3.63) is 40.6 Å². The van der Waals surface area contributed by atoms with E-state index in [1.165, 1.54) is 17.3 Å². The van der Waals surface area contributed by atoms with Crippen LogP contribution < -0.4 is 0 Å². The van der Waals surface area contributed by atoms with Crippen LogP contribution in [0.1, 0.15) is 5.56 Å². The van der Waals surface area contributed by atoms with Crippen molar-refractivity contribution in [1.82, 2.24) is 9.55 Å². The molecule has 0 bridgehead atoms. The van der Waals surface area contributed by atoms with Crippen molar-refractivity contribution in [2.45, 2.75) is 12.1 Å². The van der Waals surface area contributed by atoms with Crippen LogP contribution in [0.15, 0.2) is 40.2 Å². The predicted molar refractivity (Wildman–Crippen MR) is 72.3 cm³/mol. The van der Waals surface area contributed by atoms with Gasteiger partial charge < -0.3 is 0 Å². The minimum atomic E-state index is 0.407. The number of hydrogen-bond donors (Lipinski definition) is 0. The van der Waals surface area contributed by atoms with Gasteiger partial charge in [0.05, 0.1) is 11.8 Å². The molecule has 17 heavy (non-hydrogen) atoms. The number of rotatable bonds is 3. The van der Waals surface area contributed by atoms with Gasteiger partial charge in [-0.05, 0) is 24.6 Å². The molecule has 86 valence electrons. The first-order chi connectivity index (χ1) is 8.22. The third kappa shape index (κ3) is 2.71. The van der Waals surface area contributed by atoms with E-state index in [2.05, 4.69) is 33.0 Å². The molecule has 0 radical (unpaired) electrons. The number of benzene rings is 1. The SMILES string of the molecule is Cc1ccc(-n2ccnc2SCC#N)cc1Br. The molecule has 1 heterocycles. The van der Waals surface area contributed by atoms with E-state index < -0.39 is 0 Å². The summed E-state index contributed by atoms with van der Waals surface area (Å²) in [5, 5.41) is 9.43. The number of halogens is 1. The van der Waals surface area contributed by atoms with Crippen molar-refractivity contribution in [2.24, 2.45) is 0 Å². The van der Waals surface area contributed by atoms with E-state index in [1.54, 1.807) is 6.20 Å². The number of nitrogens with zero attached hydrogens (tertiary/aromatic N) is 3. The van der Waals surface area contributed by atoms with Gasteiger partial charge >= 0.3 is 0 Å². The first kappa shape index (κ1) is 12.2. The van der Waals surface area contributed by atoms with Crippen LogP contribution in [0.4, 0.5) is 0 Å². The highest BCUT2D eigenvalue weighted by atomic mass is 79.9. The molecule has 0 aliphatic carbocycles. The van der Waals surface area contributed by atoms with Crippen molar-refractivity contribution in [1.29, 1.82) is 5.26 Å². The second-order valence-electron chi connectivity index (χ2n) is 3.46. The lowest BCUT2D eigenvalue weighted by Crippen LogP contribution is -1.95. The number of aromatic nitrogens is 2. The van der Waals surface area contributed by atoms with Crippen LogP contribution in [0.2, 0.25) is 0 Å².